The zero-order valence-corrected chi connectivity index (χ0v) is 19.7. The van der Waals surface area contributed by atoms with E-state index in [1.54, 1.807) is 10.8 Å². The van der Waals surface area contributed by atoms with Gasteiger partial charge in [-0.1, -0.05) is 63.3 Å². The maximum Gasteiger partial charge on any atom is 0.192 e. The molecular formula is C21H40OSi2. The van der Waals surface area contributed by atoms with Gasteiger partial charge in [-0.25, -0.2) is 0 Å². The Balaban J connectivity index is 3.33. The highest BCUT2D eigenvalue weighted by Gasteiger charge is 2.48. The maximum atomic E-state index is 6.86. The highest BCUT2D eigenvalue weighted by molar-refractivity contribution is 6.83. The lowest BCUT2D eigenvalue weighted by Gasteiger charge is -2.43. The first-order chi connectivity index (χ1) is 10.7. The van der Waals surface area contributed by atoms with Gasteiger partial charge in [0.1, 0.15) is 0 Å². The van der Waals surface area contributed by atoms with E-state index in [2.05, 4.69) is 85.7 Å². The number of hydrogen-bond acceptors (Lipinski definition) is 1. The first kappa shape index (κ1) is 21.7. The molecule has 3 heteroatoms. The minimum atomic E-state index is -1.78. The summed E-state index contributed by atoms with van der Waals surface area (Å²) in [6, 6.07) is 0. The summed E-state index contributed by atoms with van der Waals surface area (Å²) in [5.74, 6) is 0. The van der Waals surface area contributed by atoms with Crippen molar-refractivity contribution in [3.8, 4) is 0 Å². The average molecular weight is 365 g/mol. The van der Waals surface area contributed by atoms with Crippen molar-refractivity contribution in [2.75, 3.05) is 0 Å². The van der Waals surface area contributed by atoms with Gasteiger partial charge in [-0.3, -0.25) is 0 Å². The zero-order chi connectivity index (χ0) is 19.0. The molecule has 0 bridgehead atoms. The molecule has 1 saturated carbocycles. The van der Waals surface area contributed by atoms with Gasteiger partial charge in [0.25, 0.3) is 0 Å². The van der Waals surface area contributed by atoms with Gasteiger partial charge >= 0.3 is 0 Å². The maximum absolute atomic E-state index is 6.86. The predicted molar refractivity (Wildman–Crippen MR) is 115 cm³/mol. The Bertz CT molecular complexity index is 517. The fourth-order valence-corrected chi connectivity index (χ4v) is 6.99. The SMILES string of the molecule is C=CC/C(=C1/CC[C@H](O[Si](C)(C)C(C)(C)C)[C@@]1(C)C=C)[Si](C)(C)C. The number of hydrogen-bond donors (Lipinski definition) is 0. The molecule has 2 atom stereocenters. The highest BCUT2D eigenvalue weighted by atomic mass is 28.4. The van der Waals surface area contributed by atoms with Crippen LogP contribution in [0.15, 0.2) is 36.1 Å². The molecule has 0 aromatic heterocycles. The molecular weight excluding hydrogens is 324 g/mol. The highest BCUT2D eigenvalue weighted by Crippen LogP contribution is 2.51. The lowest BCUT2D eigenvalue weighted by Crippen LogP contribution is -2.47. The first-order valence-corrected chi connectivity index (χ1v) is 15.8. The van der Waals surface area contributed by atoms with E-state index in [9.17, 15) is 0 Å². The molecule has 0 saturated heterocycles. The fourth-order valence-electron chi connectivity index (χ4n) is 3.51. The van der Waals surface area contributed by atoms with Crippen molar-refractivity contribution in [1.82, 2.24) is 0 Å². The van der Waals surface area contributed by atoms with Gasteiger partial charge in [-0.05, 0) is 44.3 Å². The van der Waals surface area contributed by atoms with Crippen molar-refractivity contribution in [3.05, 3.63) is 36.1 Å². The van der Waals surface area contributed by atoms with E-state index in [4.69, 9.17) is 4.43 Å². The summed E-state index contributed by atoms with van der Waals surface area (Å²) in [6.45, 7) is 29.6. The normalized spacial score (nSPS) is 28.0. The molecule has 0 heterocycles. The molecule has 24 heavy (non-hydrogen) atoms. The molecule has 0 unspecified atom stereocenters. The third-order valence-corrected chi connectivity index (χ3v) is 13.1. The molecule has 0 aromatic carbocycles. The molecule has 0 aromatic rings. The monoisotopic (exact) mass is 364 g/mol. The molecule has 0 N–H and O–H groups in total. The minimum Gasteiger partial charge on any atom is -0.413 e. The molecule has 138 valence electrons. The summed E-state index contributed by atoms with van der Waals surface area (Å²) in [5, 5.41) is 1.89. The van der Waals surface area contributed by atoms with Crippen LogP contribution in [0.1, 0.15) is 47.0 Å². The van der Waals surface area contributed by atoms with Gasteiger partial charge in [0.2, 0.25) is 0 Å². The van der Waals surface area contributed by atoms with E-state index >= 15 is 0 Å². The van der Waals surface area contributed by atoms with Crippen molar-refractivity contribution in [2.45, 2.75) is 90.8 Å². The van der Waals surface area contributed by atoms with E-state index in [1.807, 2.05) is 0 Å². The number of rotatable bonds is 6. The van der Waals surface area contributed by atoms with Gasteiger partial charge in [0, 0.05) is 5.41 Å². The first-order valence-electron chi connectivity index (χ1n) is 9.36. The van der Waals surface area contributed by atoms with Gasteiger partial charge in [0.15, 0.2) is 8.32 Å². The van der Waals surface area contributed by atoms with E-state index in [1.165, 1.54) is 0 Å². The Morgan fingerprint density at radius 1 is 1.21 bits per heavy atom. The third-order valence-electron chi connectivity index (χ3n) is 6.26. The van der Waals surface area contributed by atoms with E-state index < -0.39 is 16.4 Å². The quantitative estimate of drug-likeness (QED) is 0.360. The van der Waals surface area contributed by atoms with Gasteiger partial charge in [0.05, 0.1) is 14.2 Å². The second-order valence-corrected chi connectivity index (χ2v) is 20.0. The molecule has 0 amide bonds. The second kappa shape index (κ2) is 7.09. The van der Waals surface area contributed by atoms with Crippen LogP contribution in [0.25, 0.3) is 0 Å². The van der Waals surface area contributed by atoms with Crippen LogP contribution < -0.4 is 0 Å². The standard InChI is InChI=1S/C21H40OSi2/c1-12-14-18(23(7,8)9)17-15-16-19(21(17,6)13-2)22-24(10,11)20(3,4)5/h12-13,19H,1-2,14-16H2,3-11H3/b18-17+/t19-,21-/m0/s1. The predicted octanol–water partition coefficient (Wildman–Crippen LogP) is 7.11. The van der Waals surface area contributed by atoms with Crippen LogP contribution in [0, 0.1) is 5.41 Å². The van der Waals surface area contributed by atoms with Crippen LogP contribution in [0.2, 0.25) is 37.8 Å². The second-order valence-electron chi connectivity index (χ2n) is 10.1. The summed E-state index contributed by atoms with van der Waals surface area (Å²) in [7, 11) is -3.17. The summed E-state index contributed by atoms with van der Waals surface area (Å²) in [5.41, 5.74) is 1.56. The zero-order valence-electron chi connectivity index (χ0n) is 17.7. The largest absolute Gasteiger partial charge is 0.413 e. The van der Waals surface area contributed by atoms with Crippen LogP contribution >= 0.6 is 0 Å². The molecule has 0 aliphatic heterocycles. The van der Waals surface area contributed by atoms with E-state index in [-0.39, 0.29) is 16.6 Å². The van der Waals surface area contributed by atoms with Gasteiger partial charge in [-0.15, -0.1) is 13.2 Å². The molecule has 0 radical (unpaired) electrons. The third kappa shape index (κ3) is 4.23. The van der Waals surface area contributed by atoms with Crippen LogP contribution in [-0.2, 0) is 4.43 Å². The lowest BCUT2D eigenvalue weighted by molar-refractivity contribution is 0.121. The van der Waals surface area contributed by atoms with Gasteiger partial charge in [-0.2, -0.15) is 0 Å². The Morgan fingerprint density at radius 3 is 2.12 bits per heavy atom. The average Bonchev–Trinajstić information content (AvgIpc) is 2.71. The van der Waals surface area contributed by atoms with Crippen LogP contribution in [0.3, 0.4) is 0 Å². The Kier molecular flexibility index (Phi) is 6.39. The fraction of sp³-hybridized carbons (Fsp3) is 0.714. The molecule has 0 spiro atoms. The lowest BCUT2D eigenvalue weighted by atomic mass is 9.82. The molecule has 1 aliphatic rings. The number of allylic oxidation sites excluding steroid dienone is 2. The van der Waals surface area contributed by atoms with Crippen molar-refractivity contribution in [1.29, 1.82) is 0 Å². The van der Waals surface area contributed by atoms with Crippen molar-refractivity contribution >= 4 is 16.4 Å². The van der Waals surface area contributed by atoms with Crippen LogP contribution in [-0.4, -0.2) is 22.5 Å². The smallest absolute Gasteiger partial charge is 0.192 e. The summed E-state index contributed by atoms with van der Waals surface area (Å²) >= 11 is 0. The minimum absolute atomic E-state index is 0.0336. The summed E-state index contributed by atoms with van der Waals surface area (Å²) in [4.78, 5) is 0. The Hall–Kier alpha value is -0.386. The Labute approximate surface area is 153 Å². The van der Waals surface area contributed by atoms with Crippen molar-refractivity contribution in [2.24, 2.45) is 5.41 Å². The van der Waals surface area contributed by atoms with Gasteiger partial charge < -0.3 is 4.43 Å². The topological polar surface area (TPSA) is 9.23 Å². The van der Waals surface area contributed by atoms with E-state index in [0.717, 1.165) is 19.3 Å². The summed E-state index contributed by atoms with van der Waals surface area (Å²) in [6.07, 6.45) is 7.79. The molecule has 1 fully saturated rings. The van der Waals surface area contributed by atoms with Crippen LogP contribution in [0.5, 0.6) is 0 Å². The summed E-state index contributed by atoms with van der Waals surface area (Å²) < 4.78 is 6.86. The molecule has 1 aliphatic carbocycles. The van der Waals surface area contributed by atoms with Crippen molar-refractivity contribution in [3.63, 3.8) is 0 Å². The van der Waals surface area contributed by atoms with Crippen molar-refractivity contribution < 1.29 is 4.43 Å². The van der Waals surface area contributed by atoms with E-state index in [0.29, 0.717) is 0 Å². The Morgan fingerprint density at radius 2 is 1.75 bits per heavy atom. The molecule has 1 rings (SSSR count). The van der Waals surface area contributed by atoms with Crippen LogP contribution in [0.4, 0.5) is 0 Å². The molecule has 1 nitrogen and oxygen atoms in total.